The Kier molecular flexibility index (Phi) is 2.82. The molecule has 0 N–H and O–H groups in total. The summed E-state index contributed by atoms with van der Waals surface area (Å²) >= 11 is 0. The number of hydrogen-bond acceptors (Lipinski definition) is 0. The number of nitrogens with zero attached hydrogens (tertiary/aromatic N) is 1. The molecule has 1 heteroatoms. The van der Waals surface area contributed by atoms with Crippen molar-refractivity contribution in [1.29, 1.82) is 0 Å². The standard InChI is InChI=1S/C14H15N/c1-15(2)14-10-8-13(9-11-14)12-6-4-3-5-7-12/h4-11,13H,1-2H3/q+1. The highest BCUT2D eigenvalue weighted by molar-refractivity contribution is 6.01. The van der Waals surface area contributed by atoms with Crippen LogP contribution in [-0.4, -0.2) is 24.4 Å². The zero-order valence-electron chi connectivity index (χ0n) is 9.14. The van der Waals surface area contributed by atoms with E-state index in [0.29, 0.717) is 5.92 Å². The summed E-state index contributed by atoms with van der Waals surface area (Å²) in [6, 6.07) is 11.2. The van der Waals surface area contributed by atoms with Crippen molar-refractivity contribution >= 4 is 5.71 Å². The molecule has 1 aromatic rings. The molecule has 1 aromatic carbocycles. The average molecular weight is 197 g/mol. The van der Waals surface area contributed by atoms with Crippen molar-refractivity contribution in [3.8, 4) is 0 Å². The molecule has 0 fully saturated rings. The fraction of sp³-hybridized carbons (Fsp3) is 0.214. The molecule has 75 valence electrons. The van der Waals surface area contributed by atoms with Gasteiger partial charge in [0.15, 0.2) is 5.71 Å². The molecule has 0 saturated heterocycles. The van der Waals surface area contributed by atoms with Gasteiger partial charge in [-0.2, -0.15) is 0 Å². The van der Waals surface area contributed by atoms with Gasteiger partial charge in [0, 0.05) is 18.1 Å². The van der Waals surface area contributed by atoms with Gasteiger partial charge in [-0.1, -0.05) is 36.4 Å². The lowest BCUT2D eigenvalue weighted by Gasteiger charge is -2.10. The minimum atomic E-state index is 0.406. The topological polar surface area (TPSA) is 3.01 Å². The number of allylic oxidation sites excluding steroid dienone is 4. The molecule has 0 amide bonds. The SMILES string of the molecule is C[N+](C)=C1C=CC(c2cc[c]cc2)C=C1. The Morgan fingerprint density at radius 1 is 1.07 bits per heavy atom. The molecule has 0 unspecified atom stereocenters. The summed E-state index contributed by atoms with van der Waals surface area (Å²) in [5.74, 6) is 0.406. The molecule has 0 aliphatic heterocycles. The lowest BCUT2D eigenvalue weighted by molar-refractivity contribution is -0.462. The molecular formula is C14H15N+. The molecule has 1 aliphatic carbocycles. The highest BCUT2D eigenvalue weighted by Crippen LogP contribution is 2.20. The summed E-state index contributed by atoms with van der Waals surface area (Å²) < 4.78 is 2.11. The Balaban J connectivity index is 2.22. The van der Waals surface area contributed by atoms with E-state index < -0.39 is 0 Å². The molecule has 0 heterocycles. The fourth-order valence-electron chi connectivity index (χ4n) is 1.67. The van der Waals surface area contributed by atoms with Crippen molar-refractivity contribution in [1.82, 2.24) is 0 Å². The second-order valence-electron chi connectivity index (χ2n) is 3.90. The Morgan fingerprint density at radius 3 is 2.20 bits per heavy atom. The largest absolute Gasteiger partial charge is 0.235 e. The van der Waals surface area contributed by atoms with Crippen molar-refractivity contribution in [2.45, 2.75) is 5.92 Å². The summed E-state index contributed by atoms with van der Waals surface area (Å²) in [4.78, 5) is 0. The predicted molar refractivity (Wildman–Crippen MR) is 63.4 cm³/mol. The van der Waals surface area contributed by atoms with Crippen molar-refractivity contribution in [2.24, 2.45) is 0 Å². The first kappa shape index (κ1) is 9.91. The third kappa shape index (κ3) is 2.24. The molecule has 0 saturated carbocycles. The van der Waals surface area contributed by atoms with Gasteiger partial charge in [0.1, 0.15) is 14.1 Å². The first-order chi connectivity index (χ1) is 7.27. The summed E-state index contributed by atoms with van der Waals surface area (Å²) in [7, 11) is 4.11. The van der Waals surface area contributed by atoms with Crippen molar-refractivity contribution < 1.29 is 4.58 Å². The zero-order chi connectivity index (χ0) is 10.7. The third-order valence-electron chi connectivity index (χ3n) is 2.59. The van der Waals surface area contributed by atoms with Gasteiger partial charge in [-0.05, 0) is 11.6 Å². The Morgan fingerprint density at radius 2 is 1.67 bits per heavy atom. The summed E-state index contributed by atoms with van der Waals surface area (Å²) in [6.45, 7) is 0. The van der Waals surface area contributed by atoms with Gasteiger partial charge in [-0.25, -0.2) is 4.58 Å². The van der Waals surface area contributed by atoms with E-state index >= 15 is 0 Å². The van der Waals surface area contributed by atoms with E-state index in [2.05, 4.69) is 61.2 Å². The molecule has 1 aliphatic rings. The van der Waals surface area contributed by atoms with E-state index in [1.807, 2.05) is 12.1 Å². The number of benzene rings is 1. The predicted octanol–water partition coefficient (Wildman–Crippen LogP) is 2.41. The van der Waals surface area contributed by atoms with Crippen LogP contribution in [0.2, 0.25) is 0 Å². The summed E-state index contributed by atoms with van der Waals surface area (Å²) in [6.07, 6.45) is 8.79. The van der Waals surface area contributed by atoms with Gasteiger partial charge >= 0.3 is 0 Å². The number of rotatable bonds is 1. The van der Waals surface area contributed by atoms with Crippen molar-refractivity contribution in [3.05, 3.63) is 60.2 Å². The van der Waals surface area contributed by atoms with Crippen LogP contribution in [-0.2, 0) is 0 Å². The number of hydrogen-bond donors (Lipinski definition) is 0. The van der Waals surface area contributed by atoms with Crippen molar-refractivity contribution in [3.63, 3.8) is 0 Å². The van der Waals surface area contributed by atoms with Crippen LogP contribution in [0, 0.1) is 6.07 Å². The molecule has 0 aromatic heterocycles. The van der Waals surface area contributed by atoms with Crippen LogP contribution in [0.3, 0.4) is 0 Å². The van der Waals surface area contributed by atoms with Gasteiger partial charge in [0.05, 0.1) is 0 Å². The van der Waals surface area contributed by atoms with Gasteiger partial charge in [-0.3, -0.25) is 0 Å². The Labute approximate surface area is 91.1 Å². The van der Waals surface area contributed by atoms with Crippen LogP contribution >= 0.6 is 0 Å². The zero-order valence-corrected chi connectivity index (χ0v) is 9.14. The molecule has 0 atom stereocenters. The smallest absolute Gasteiger partial charge is 0.198 e. The summed E-state index contributed by atoms with van der Waals surface area (Å²) in [5, 5.41) is 0. The van der Waals surface area contributed by atoms with Crippen LogP contribution in [0.5, 0.6) is 0 Å². The molecule has 1 radical (unpaired) electrons. The maximum Gasteiger partial charge on any atom is 0.198 e. The summed E-state index contributed by atoms with van der Waals surface area (Å²) in [5.41, 5.74) is 2.56. The first-order valence-corrected chi connectivity index (χ1v) is 5.14. The lowest BCUT2D eigenvalue weighted by atomic mass is 9.94. The first-order valence-electron chi connectivity index (χ1n) is 5.14. The third-order valence-corrected chi connectivity index (χ3v) is 2.59. The second-order valence-corrected chi connectivity index (χ2v) is 3.90. The van der Waals surface area contributed by atoms with E-state index in [1.54, 1.807) is 0 Å². The van der Waals surface area contributed by atoms with E-state index in [0.717, 1.165) is 0 Å². The minimum absolute atomic E-state index is 0.406. The highest BCUT2D eigenvalue weighted by Gasteiger charge is 2.10. The molecule has 0 bridgehead atoms. The van der Waals surface area contributed by atoms with Gasteiger partial charge in [0.25, 0.3) is 0 Å². The quantitative estimate of drug-likeness (QED) is 0.608. The van der Waals surface area contributed by atoms with E-state index in [4.69, 9.17) is 0 Å². The van der Waals surface area contributed by atoms with Crippen LogP contribution in [0.4, 0.5) is 0 Å². The monoisotopic (exact) mass is 197 g/mol. The average Bonchev–Trinajstić information content (AvgIpc) is 2.30. The van der Waals surface area contributed by atoms with Crippen LogP contribution in [0.25, 0.3) is 0 Å². The molecule has 0 spiro atoms. The minimum Gasteiger partial charge on any atom is -0.235 e. The van der Waals surface area contributed by atoms with Crippen LogP contribution < -0.4 is 0 Å². The van der Waals surface area contributed by atoms with E-state index in [-0.39, 0.29) is 0 Å². The molecule has 1 nitrogen and oxygen atoms in total. The van der Waals surface area contributed by atoms with E-state index in [1.165, 1.54) is 11.3 Å². The van der Waals surface area contributed by atoms with Crippen molar-refractivity contribution in [2.75, 3.05) is 14.1 Å². The van der Waals surface area contributed by atoms with Gasteiger partial charge in [0.2, 0.25) is 0 Å². The molecule has 15 heavy (non-hydrogen) atoms. The van der Waals surface area contributed by atoms with Gasteiger partial charge < -0.3 is 0 Å². The molecule has 2 rings (SSSR count). The lowest BCUT2D eigenvalue weighted by Crippen LogP contribution is -2.11. The fourth-order valence-corrected chi connectivity index (χ4v) is 1.67. The van der Waals surface area contributed by atoms with Crippen LogP contribution in [0.15, 0.2) is 48.6 Å². The highest BCUT2D eigenvalue weighted by atomic mass is 14.9. The molecular weight excluding hydrogens is 182 g/mol. The maximum atomic E-state index is 3.04. The Hall–Kier alpha value is -1.63. The normalized spacial score (nSPS) is 19.3. The van der Waals surface area contributed by atoms with Crippen LogP contribution in [0.1, 0.15) is 11.5 Å². The van der Waals surface area contributed by atoms with Gasteiger partial charge in [-0.15, -0.1) is 0 Å². The Bertz CT molecular complexity index is 404. The van der Waals surface area contributed by atoms with E-state index in [9.17, 15) is 0 Å². The maximum absolute atomic E-state index is 3.04. The second kappa shape index (κ2) is 4.26.